The van der Waals surface area contributed by atoms with Gasteiger partial charge in [-0.05, 0) is 24.7 Å². The van der Waals surface area contributed by atoms with Crippen LogP contribution in [0.2, 0.25) is 0 Å². The summed E-state index contributed by atoms with van der Waals surface area (Å²) in [6.45, 7) is 7.06. The lowest BCUT2D eigenvalue weighted by molar-refractivity contribution is -0.143. The minimum absolute atomic E-state index is 0.00971. The first-order valence-corrected chi connectivity index (χ1v) is 11.7. The van der Waals surface area contributed by atoms with E-state index in [9.17, 15) is 33.9 Å². The average Bonchev–Trinajstić information content (AvgIpc) is 2.79. The molecule has 5 amide bonds. The molecule has 0 bridgehead atoms. The van der Waals surface area contributed by atoms with Crippen LogP contribution in [0.15, 0.2) is 0 Å². The highest BCUT2D eigenvalue weighted by molar-refractivity contribution is 5.94. The molecule has 0 fully saturated rings. The molecule has 13 heteroatoms. The fourth-order valence-corrected chi connectivity index (χ4v) is 3.14. The molecule has 0 heterocycles. The third-order valence-electron chi connectivity index (χ3n) is 5.92. The Morgan fingerprint density at radius 2 is 1.11 bits per heavy atom. The SMILES string of the molecule is CCC(C)C(NC(=O)C(N)CCC(N)=O)C(=O)NC(C(=O)NC(CCC(N)=O)C(=O)O)C(C)CC. The summed E-state index contributed by atoms with van der Waals surface area (Å²) in [6.07, 6.45) is 0.475. The van der Waals surface area contributed by atoms with Gasteiger partial charge >= 0.3 is 5.97 Å². The lowest BCUT2D eigenvalue weighted by atomic mass is 9.94. The predicted octanol–water partition coefficient (Wildman–Crippen LogP) is -1.52. The van der Waals surface area contributed by atoms with Crippen molar-refractivity contribution in [2.75, 3.05) is 0 Å². The molecular weight excluding hydrogens is 460 g/mol. The van der Waals surface area contributed by atoms with E-state index in [1.54, 1.807) is 20.8 Å². The molecule has 200 valence electrons. The molecule has 0 aliphatic carbocycles. The van der Waals surface area contributed by atoms with Crippen molar-refractivity contribution in [3.05, 3.63) is 0 Å². The monoisotopic (exact) mass is 500 g/mol. The van der Waals surface area contributed by atoms with Crippen LogP contribution in [0, 0.1) is 11.8 Å². The Hall–Kier alpha value is -3.22. The quantitative estimate of drug-likeness (QED) is 0.123. The zero-order chi connectivity index (χ0) is 27.3. The number of nitrogens with two attached hydrogens (primary N) is 3. The molecule has 0 aromatic carbocycles. The zero-order valence-corrected chi connectivity index (χ0v) is 20.8. The zero-order valence-electron chi connectivity index (χ0n) is 20.8. The van der Waals surface area contributed by atoms with Gasteiger partial charge in [-0.25, -0.2) is 4.79 Å². The standard InChI is InChI=1S/C22H40N6O7/c1-5-11(3)17(20(32)26-14(22(34)35)8-10-16(25)30)28-21(33)18(12(4)6-2)27-19(31)13(23)7-9-15(24)29/h11-14,17-18H,5-10,23H2,1-4H3,(H2,24,29)(H2,25,30)(H,26,32)(H,27,31)(H,28,33)(H,34,35). The fraction of sp³-hybridized carbons (Fsp3) is 0.727. The van der Waals surface area contributed by atoms with Crippen molar-refractivity contribution in [2.24, 2.45) is 29.0 Å². The van der Waals surface area contributed by atoms with Crippen LogP contribution >= 0.6 is 0 Å². The third-order valence-corrected chi connectivity index (χ3v) is 5.92. The van der Waals surface area contributed by atoms with Gasteiger partial charge < -0.3 is 38.3 Å². The van der Waals surface area contributed by atoms with Gasteiger partial charge in [0.05, 0.1) is 6.04 Å². The van der Waals surface area contributed by atoms with E-state index >= 15 is 0 Å². The molecule has 0 saturated carbocycles. The number of primary amides is 2. The summed E-state index contributed by atoms with van der Waals surface area (Å²) in [7, 11) is 0. The first-order valence-electron chi connectivity index (χ1n) is 11.7. The molecule has 13 nitrogen and oxygen atoms in total. The molecule has 10 N–H and O–H groups in total. The van der Waals surface area contributed by atoms with Crippen LogP contribution in [0.25, 0.3) is 0 Å². The molecule has 0 saturated heterocycles. The first kappa shape index (κ1) is 31.8. The van der Waals surface area contributed by atoms with E-state index in [4.69, 9.17) is 17.2 Å². The topological polar surface area (TPSA) is 237 Å². The van der Waals surface area contributed by atoms with Crippen molar-refractivity contribution >= 4 is 35.5 Å². The molecule has 35 heavy (non-hydrogen) atoms. The number of hydrogen-bond donors (Lipinski definition) is 7. The van der Waals surface area contributed by atoms with E-state index in [-0.39, 0.29) is 37.5 Å². The first-order chi connectivity index (χ1) is 16.2. The highest BCUT2D eigenvalue weighted by atomic mass is 16.4. The van der Waals surface area contributed by atoms with Gasteiger partial charge in [-0.15, -0.1) is 0 Å². The summed E-state index contributed by atoms with van der Waals surface area (Å²) in [4.78, 5) is 72.0. The molecule has 0 aliphatic rings. The van der Waals surface area contributed by atoms with E-state index < -0.39 is 59.7 Å². The number of carboxylic acid groups (broad SMARTS) is 1. The second kappa shape index (κ2) is 15.6. The Balaban J connectivity index is 5.58. The van der Waals surface area contributed by atoms with Crippen LogP contribution < -0.4 is 33.2 Å². The van der Waals surface area contributed by atoms with Crippen LogP contribution in [0.1, 0.15) is 66.2 Å². The van der Waals surface area contributed by atoms with E-state index in [0.29, 0.717) is 12.8 Å². The number of carboxylic acids is 1. The van der Waals surface area contributed by atoms with Gasteiger partial charge in [0.15, 0.2) is 0 Å². The molecule has 6 atom stereocenters. The van der Waals surface area contributed by atoms with Crippen LogP contribution in [-0.2, 0) is 28.8 Å². The minimum atomic E-state index is -1.37. The van der Waals surface area contributed by atoms with E-state index in [0.717, 1.165) is 0 Å². The highest BCUT2D eigenvalue weighted by Crippen LogP contribution is 2.13. The summed E-state index contributed by atoms with van der Waals surface area (Å²) >= 11 is 0. The molecular formula is C22H40N6O7. The van der Waals surface area contributed by atoms with E-state index in [1.807, 2.05) is 6.92 Å². The molecule has 6 unspecified atom stereocenters. The predicted molar refractivity (Wildman–Crippen MR) is 127 cm³/mol. The fourth-order valence-electron chi connectivity index (χ4n) is 3.14. The maximum absolute atomic E-state index is 13.1. The lowest BCUT2D eigenvalue weighted by Gasteiger charge is -2.30. The normalized spacial score (nSPS) is 16.0. The van der Waals surface area contributed by atoms with Gasteiger partial charge in [-0.1, -0.05) is 40.5 Å². The second-order valence-electron chi connectivity index (χ2n) is 8.76. The number of nitrogens with one attached hydrogen (secondary N) is 3. The van der Waals surface area contributed by atoms with Crippen molar-refractivity contribution in [1.82, 2.24) is 16.0 Å². The molecule has 0 aromatic heterocycles. The molecule has 0 aromatic rings. The van der Waals surface area contributed by atoms with Crippen molar-refractivity contribution in [2.45, 2.75) is 90.4 Å². The molecule has 0 rings (SSSR count). The summed E-state index contributed by atoms with van der Waals surface area (Å²) in [5.74, 6) is -5.39. The number of rotatable bonds is 17. The Morgan fingerprint density at radius 3 is 1.51 bits per heavy atom. The van der Waals surface area contributed by atoms with Gasteiger partial charge in [0.25, 0.3) is 0 Å². The lowest BCUT2D eigenvalue weighted by Crippen LogP contribution is -2.60. The Bertz CT molecular complexity index is 775. The van der Waals surface area contributed by atoms with E-state index in [2.05, 4.69) is 16.0 Å². The number of carbonyl (C=O) groups excluding carboxylic acids is 5. The van der Waals surface area contributed by atoms with Crippen LogP contribution in [0.4, 0.5) is 0 Å². The Kier molecular flexibility index (Phi) is 14.2. The number of amides is 5. The van der Waals surface area contributed by atoms with Gasteiger partial charge in [0.1, 0.15) is 18.1 Å². The molecule has 0 spiro atoms. The maximum atomic E-state index is 13.1. The largest absolute Gasteiger partial charge is 0.480 e. The summed E-state index contributed by atoms with van der Waals surface area (Å²) in [6, 6.07) is -4.56. The summed E-state index contributed by atoms with van der Waals surface area (Å²) in [5, 5.41) is 16.9. The van der Waals surface area contributed by atoms with Crippen LogP contribution in [0.3, 0.4) is 0 Å². The number of hydrogen-bond acceptors (Lipinski definition) is 7. The average molecular weight is 501 g/mol. The molecule has 0 radical (unpaired) electrons. The number of aliphatic carboxylic acids is 1. The van der Waals surface area contributed by atoms with Crippen molar-refractivity contribution in [1.29, 1.82) is 0 Å². The minimum Gasteiger partial charge on any atom is -0.480 e. The van der Waals surface area contributed by atoms with Crippen LogP contribution in [-0.4, -0.2) is 64.8 Å². The van der Waals surface area contributed by atoms with Crippen molar-refractivity contribution in [3.8, 4) is 0 Å². The summed E-state index contributed by atoms with van der Waals surface area (Å²) < 4.78 is 0. The molecule has 0 aliphatic heterocycles. The van der Waals surface area contributed by atoms with Gasteiger partial charge in [-0.3, -0.25) is 24.0 Å². The Labute approximate surface area is 205 Å². The highest BCUT2D eigenvalue weighted by Gasteiger charge is 2.34. The third kappa shape index (κ3) is 11.7. The van der Waals surface area contributed by atoms with Crippen molar-refractivity contribution in [3.63, 3.8) is 0 Å². The smallest absolute Gasteiger partial charge is 0.326 e. The maximum Gasteiger partial charge on any atom is 0.326 e. The second-order valence-corrected chi connectivity index (χ2v) is 8.76. The number of carbonyl (C=O) groups is 6. The van der Waals surface area contributed by atoms with Crippen LogP contribution in [0.5, 0.6) is 0 Å². The van der Waals surface area contributed by atoms with Crippen molar-refractivity contribution < 1.29 is 33.9 Å². The summed E-state index contributed by atoms with van der Waals surface area (Å²) in [5.41, 5.74) is 16.0. The van der Waals surface area contributed by atoms with Gasteiger partial charge in [0, 0.05) is 12.8 Å². The van der Waals surface area contributed by atoms with Gasteiger partial charge in [0.2, 0.25) is 29.5 Å². The van der Waals surface area contributed by atoms with E-state index in [1.165, 1.54) is 0 Å². The Morgan fingerprint density at radius 1 is 0.714 bits per heavy atom. The van der Waals surface area contributed by atoms with Gasteiger partial charge in [-0.2, -0.15) is 0 Å².